The quantitative estimate of drug-likeness (QED) is 0.353. The van der Waals surface area contributed by atoms with E-state index in [1.165, 1.54) is 4.68 Å². The highest BCUT2D eigenvalue weighted by atomic mass is 16.3. The first-order chi connectivity index (χ1) is 16.9. The first kappa shape index (κ1) is 23.8. The molecule has 0 aliphatic carbocycles. The molecule has 35 heavy (non-hydrogen) atoms. The maximum Gasteiger partial charge on any atom is 0.253 e. The summed E-state index contributed by atoms with van der Waals surface area (Å²) >= 11 is 0. The molecule has 4 rings (SSSR count). The summed E-state index contributed by atoms with van der Waals surface area (Å²) in [6, 6.07) is 14.6. The lowest BCUT2D eigenvalue weighted by atomic mass is 10.1. The fourth-order valence-electron chi connectivity index (χ4n) is 3.61. The molecule has 180 valence electrons. The van der Waals surface area contributed by atoms with Crippen molar-refractivity contribution in [1.82, 2.24) is 35.1 Å². The van der Waals surface area contributed by atoms with Gasteiger partial charge >= 0.3 is 0 Å². The van der Waals surface area contributed by atoms with Crippen molar-refractivity contribution >= 4 is 23.4 Å². The molecule has 4 aromatic rings. The Kier molecular flexibility index (Phi) is 6.97. The number of aryl methyl sites for hydroxylation is 2. The zero-order valence-electron chi connectivity index (χ0n) is 20.0. The van der Waals surface area contributed by atoms with E-state index in [2.05, 4.69) is 36.1 Å². The average Bonchev–Trinajstić information content (AvgIpc) is 3.28. The largest absolute Gasteiger partial charge is 0.394 e. The molecule has 0 saturated carbocycles. The topological polar surface area (TPSA) is 134 Å². The summed E-state index contributed by atoms with van der Waals surface area (Å²) in [5, 5.41) is 28.3. The summed E-state index contributed by atoms with van der Waals surface area (Å²) in [6.45, 7) is 1.74. The monoisotopic (exact) mass is 473 g/mol. The summed E-state index contributed by atoms with van der Waals surface area (Å²) in [5.41, 5.74) is 3.68. The number of hydrogen-bond donors (Lipinski definition) is 3. The minimum absolute atomic E-state index is 0.0608. The third-order valence-corrected chi connectivity index (χ3v) is 5.46. The van der Waals surface area contributed by atoms with Crippen molar-refractivity contribution in [2.24, 2.45) is 7.05 Å². The fraction of sp³-hybridized carbons (Fsp3) is 0.250. The molecule has 1 amide bonds. The first-order valence-electron chi connectivity index (χ1n) is 11.0. The lowest BCUT2D eigenvalue weighted by Gasteiger charge is -2.20. The third kappa shape index (κ3) is 5.25. The van der Waals surface area contributed by atoms with E-state index in [0.717, 1.165) is 16.8 Å². The number of aliphatic hydroxyl groups excluding tert-OH is 1. The number of nitrogens with one attached hydrogen (secondary N) is 2. The van der Waals surface area contributed by atoms with E-state index in [1.807, 2.05) is 43.3 Å². The molecule has 0 saturated heterocycles. The summed E-state index contributed by atoms with van der Waals surface area (Å²) in [7, 11) is 5.17. The number of anilines is 3. The van der Waals surface area contributed by atoms with Crippen LogP contribution in [0.1, 0.15) is 27.5 Å². The number of hydrogen-bond acceptors (Lipinski definition) is 9. The zero-order valence-corrected chi connectivity index (χ0v) is 20.0. The Morgan fingerprint density at radius 1 is 1.17 bits per heavy atom. The molecule has 2 aromatic carbocycles. The Bertz CT molecular complexity index is 1320. The highest BCUT2D eigenvalue weighted by molar-refractivity contribution is 5.95. The number of aromatic nitrogens is 6. The van der Waals surface area contributed by atoms with Gasteiger partial charge in [-0.1, -0.05) is 30.3 Å². The highest BCUT2D eigenvalue weighted by Crippen LogP contribution is 2.29. The molecule has 0 spiro atoms. The number of carbonyl (C=O) groups excluding carboxylic acids is 1. The molecule has 11 nitrogen and oxygen atoms in total. The number of amides is 1. The van der Waals surface area contributed by atoms with Crippen molar-refractivity contribution in [3.63, 3.8) is 0 Å². The van der Waals surface area contributed by atoms with Crippen LogP contribution in [-0.4, -0.2) is 66.8 Å². The van der Waals surface area contributed by atoms with Gasteiger partial charge in [-0.05, 0) is 46.7 Å². The van der Waals surface area contributed by atoms with Gasteiger partial charge in [0.15, 0.2) is 5.82 Å². The highest BCUT2D eigenvalue weighted by Gasteiger charge is 2.19. The Hall–Kier alpha value is -4.38. The van der Waals surface area contributed by atoms with Crippen molar-refractivity contribution in [3.05, 3.63) is 71.4 Å². The van der Waals surface area contributed by atoms with Gasteiger partial charge in [0.2, 0.25) is 5.95 Å². The van der Waals surface area contributed by atoms with E-state index in [4.69, 9.17) is 0 Å². The van der Waals surface area contributed by atoms with Gasteiger partial charge in [0.1, 0.15) is 5.82 Å². The van der Waals surface area contributed by atoms with Crippen molar-refractivity contribution in [3.8, 4) is 11.4 Å². The lowest BCUT2D eigenvalue weighted by Crippen LogP contribution is -2.22. The number of tetrazole rings is 1. The molecule has 1 atom stereocenters. The van der Waals surface area contributed by atoms with Gasteiger partial charge in [0.05, 0.1) is 18.2 Å². The Labute approximate surface area is 202 Å². The van der Waals surface area contributed by atoms with Crippen molar-refractivity contribution in [1.29, 1.82) is 0 Å². The van der Waals surface area contributed by atoms with Crippen molar-refractivity contribution in [2.45, 2.75) is 13.0 Å². The normalized spacial score (nSPS) is 11.7. The van der Waals surface area contributed by atoms with Gasteiger partial charge in [-0.25, -0.2) is 9.67 Å². The molecular weight excluding hydrogens is 446 g/mol. The standard InChI is InChI=1S/C24H27N9O2/c1-15-12-17(10-11-18(15)23(35)32(2)3)26-24-25-13-19(22-29-30-31-33(22)4)21(28-24)27-20(14-34)16-8-6-5-7-9-16/h5-13,20,34H,14H2,1-4H3,(H2,25,26,27,28)/t20-/m1/s1. The predicted octanol–water partition coefficient (Wildman–Crippen LogP) is 2.57. The summed E-state index contributed by atoms with van der Waals surface area (Å²) in [4.78, 5) is 23.0. The van der Waals surface area contributed by atoms with Crippen molar-refractivity contribution < 1.29 is 9.90 Å². The van der Waals surface area contributed by atoms with E-state index in [1.54, 1.807) is 44.4 Å². The number of carbonyl (C=O) groups is 1. The van der Waals surface area contributed by atoms with Crippen LogP contribution in [0.4, 0.5) is 17.5 Å². The van der Waals surface area contributed by atoms with Crippen LogP contribution in [0, 0.1) is 6.92 Å². The van der Waals surface area contributed by atoms with Gasteiger partial charge in [-0.2, -0.15) is 4.98 Å². The van der Waals surface area contributed by atoms with Crippen LogP contribution in [0.25, 0.3) is 11.4 Å². The van der Waals surface area contributed by atoms with E-state index in [-0.39, 0.29) is 12.5 Å². The third-order valence-electron chi connectivity index (χ3n) is 5.46. The minimum atomic E-state index is -0.405. The van der Waals surface area contributed by atoms with Crippen LogP contribution in [0.3, 0.4) is 0 Å². The summed E-state index contributed by atoms with van der Waals surface area (Å²) in [5.74, 6) is 1.21. The van der Waals surface area contributed by atoms with E-state index in [0.29, 0.717) is 28.7 Å². The van der Waals surface area contributed by atoms with Gasteiger partial charge in [0, 0.05) is 38.6 Å². The van der Waals surface area contributed by atoms with E-state index in [9.17, 15) is 9.90 Å². The molecule has 0 radical (unpaired) electrons. The molecule has 3 N–H and O–H groups in total. The molecule has 0 fully saturated rings. The second-order valence-electron chi connectivity index (χ2n) is 8.23. The SMILES string of the molecule is Cc1cc(Nc2ncc(-c3nnnn3C)c(N[C@H](CO)c3ccccc3)n2)ccc1C(=O)N(C)C. The van der Waals surface area contributed by atoms with Crippen LogP contribution in [0.5, 0.6) is 0 Å². The number of aliphatic hydroxyl groups is 1. The lowest BCUT2D eigenvalue weighted by molar-refractivity contribution is 0.0827. The average molecular weight is 474 g/mol. The summed E-state index contributed by atoms with van der Waals surface area (Å²) < 4.78 is 1.53. The zero-order chi connectivity index (χ0) is 24.9. The Balaban J connectivity index is 1.67. The molecule has 2 aromatic heterocycles. The summed E-state index contributed by atoms with van der Waals surface area (Å²) in [6.07, 6.45) is 1.62. The van der Waals surface area contributed by atoms with Crippen LogP contribution in [0.2, 0.25) is 0 Å². The number of nitrogens with zero attached hydrogens (tertiary/aromatic N) is 7. The van der Waals surface area contributed by atoms with E-state index >= 15 is 0 Å². The second-order valence-corrected chi connectivity index (χ2v) is 8.23. The Morgan fingerprint density at radius 3 is 2.57 bits per heavy atom. The Morgan fingerprint density at radius 2 is 1.94 bits per heavy atom. The number of benzene rings is 2. The molecular formula is C24H27N9O2. The van der Waals surface area contributed by atoms with Crippen LogP contribution < -0.4 is 10.6 Å². The van der Waals surface area contributed by atoms with Crippen LogP contribution in [-0.2, 0) is 7.05 Å². The molecule has 2 heterocycles. The molecule has 11 heteroatoms. The van der Waals surface area contributed by atoms with Crippen molar-refractivity contribution in [2.75, 3.05) is 31.3 Å². The smallest absolute Gasteiger partial charge is 0.253 e. The van der Waals surface area contributed by atoms with Gasteiger partial charge in [0.25, 0.3) is 5.91 Å². The number of rotatable bonds is 8. The predicted molar refractivity (Wildman–Crippen MR) is 132 cm³/mol. The molecule has 0 unspecified atom stereocenters. The molecule has 0 aliphatic heterocycles. The fourth-order valence-corrected chi connectivity index (χ4v) is 3.61. The first-order valence-corrected chi connectivity index (χ1v) is 11.0. The minimum Gasteiger partial charge on any atom is -0.394 e. The maximum absolute atomic E-state index is 12.3. The maximum atomic E-state index is 12.3. The van der Waals surface area contributed by atoms with Crippen LogP contribution >= 0.6 is 0 Å². The van der Waals surface area contributed by atoms with Gasteiger partial charge in [-0.15, -0.1) is 5.10 Å². The van der Waals surface area contributed by atoms with Gasteiger partial charge in [-0.3, -0.25) is 4.79 Å². The molecule has 0 bridgehead atoms. The molecule has 0 aliphatic rings. The van der Waals surface area contributed by atoms with E-state index < -0.39 is 6.04 Å². The van der Waals surface area contributed by atoms with Crippen LogP contribution in [0.15, 0.2) is 54.7 Å². The van der Waals surface area contributed by atoms with Gasteiger partial charge < -0.3 is 20.6 Å². The second kappa shape index (κ2) is 10.3.